The van der Waals surface area contributed by atoms with Crippen molar-refractivity contribution in [1.82, 2.24) is 9.88 Å². The van der Waals surface area contributed by atoms with E-state index in [0.29, 0.717) is 0 Å². The Kier molecular flexibility index (Phi) is 3.97. The maximum Gasteiger partial charge on any atom is 0.0371 e. The molecule has 0 amide bonds. The molecule has 0 aliphatic carbocycles. The molecule has 0 spiro atoms. The first-order valence-electron chi connectivity index (χ1n) is 5.81. The van der Waals surface area contributed by atoms with Crippen molar-refractivity contribution in [3.63, 3.8) is 0 Å². The van der Waals surface area contributed by atoms with Gasteiger partial charge in [-0.3, -0.25) is 4.98 Å². The van der Waals surface area contributed by atoms with E-state index in [-0.39, 0.29) is 0 Å². The number of hydrogen-bond donors (Lipinski definition) is 1. The second kappa shape index (κ2) is 5.71. The summed E-state index contributed by atoms with van der Waals surface area (Å²) in [5, 5.41) is 3.40. The zero-order valence-corrected chi connectivity index (χ0v) is 9.15. The van der Waals surface area contributed by atoms with Crippen LogP contribution in [0.5, 0.6) is 0 Å². The van der Waals surface area contributed by atoms with E-state index in [9.17, 15) is 0 Å². The minimum atomic E-state index is 1.06. The predicted molar refractivity (Wildman–Crippen MR) is 63.0 cm³/mol. The Morgan fingerprint density at radius 1 is 1.20 bits per heavy atom. The van der Waals surface area contributed by atoms with Crippen LogP contribution in [0.25, 0.3) is 0 Å². The molecular formula is C12H19N3. The van der Waals surface area contributed by atoms with Gasteiger partial charge in [0.2, 0.25) is 0 Å². The highest BCUT2D eigenvalue weighted by Gasteiger charge is 2.09. The third-order valence-electron chi connectivity index (χ3n) is 2.86. The Balaban J connectivity index is 1.59. The SMILES string of the molecule is c1cc(NCCCN2CCCC2)ccn1. The largest absolute Gasteiger partial charge is 0.385 e. The third-order valence-corrected chi connectivity index (χ3v) is 2.86. The number of rotatable bonds is 5. The second-order valence-electron chi connectivity index (χ2n) is 4.06. The lowest BCUT2D eigenvalue weighted by atomic mass is 10.3. The van der Waals surface area contributed by atoms with Crippen LogP contribution in [0.3, 0.4) is 0 Å². The van der Waals surface area contributed by atoms with Gasteiger partial charge in [0.1, 0.15) is 0 Å². The van der Waals surface area contributed by atoms with Crippen LogP contribution >= 0.6 is 0 Å². The summed E-state index contributed by atoms with van der Waals surface area (Å²) in [5.74, 6) is 0. The molecule has 0 saturated carbocycles. The quantitative estimate of drug-likeness (QED) is 0.745. The van der Waals surface area contributed by atoms with Crippen molar-refractivity contribution in [2.45, 2.75) is 19.3 Å². The van der Waals surface area contributed by atoms with Gasteiger partial charge in [0.15, 0.2) is 0 Å². The summed E-state index contributed by atoms with van der Waals surface area (Å²) < 4.78 is 0. The Morgan fingerprint density at radius 3 is 2.67 bits per heavy atom. The Labute approximate surface area is 91.5 Å². The van der Waals surface area contributed by atoms with E-state index in [0.717, 1.165) is 6.54 Å². The number of hydrogen-bond acceptors (Lipinski definition) is 3. The Morgan fingerprint density at radius 2 is 1.93 bits per heavy atom. The van der Waals surface area contributed by atoms with Gasteiger partial charge >= 0.3 is 0 Å². The molecule has 2 rings (SSSR count). The molecular weight excluding hydrogens is 186 g/mol. The molecule has 1 N–H and O–H groups in total. The van der Waals surface area contributed by atoms with Gasteiger partial charge in [-0.2, -0.15) is 0 Å². The van der Waals surface area contributed by atoms with Crippen LogP contribution < -0.4 is 5.32 Å². The lowest BCUT2D eigenvalue weighted by molar-refractivity contribution is 0.337. The first-order chi connectivity index (χ1) is 7.45. The van der Waals surface area contributed by atoms with Crippen molar-refractivity contribution in [3.05, 3.63) is 24.5 Å². The van der Waals surface area contributed by atoms with Gasteiger partial charge in [0.05, 0.1) is 0 Å². The molecule has 3 nitrogen and oxygen atoms in total. The average Bonchev–Trinajstić information content (AvgIpc) is 2.79. The summed E-state index contributed by atoms with van der Waals surface area (Å²) in [6.07, 6.45) is 7.64. The molecule has 1 saturated heterocycles. The molecule has 3 heteroatoms. The number of nitrogens with zero attached hydrogens (tertiary/aromatic N) is 2. The summed E-state index contributed by atoms with van der Waals surface area (Å²) in [4.78, 5) is 6.54. The van der Waals surface area contributed by atoms with Gasteiger partial charge in [0, 0.05) is 24.6 Å². The van der Waals surface area contributed by atoms with E-state index in [1.165, 1.54) is 44.6 Å². The van der Waals surface area contributed by atoms with Gasteiger partial charge in [0.25, 0.3) is 0 Å². The van der Waals surface area contributed by atoms with Gasteiger partial charge < -0.3 is 10.2 Å². The Hall–Kier alpha value is -1.09. The number of aromatic nitrogens is 1. The highest BCUT2D eigenvalue weighted by Crippen LogP contribution is 2.08. The van der Waals surface area contributed by atoms with E-state index in [2.05, 4.69) is 15.2 Å². The van der Waals surface area contributed by atoms with Crippen molar-refractivity contribution in [2.75, 3.05) is 31.5 Å². The summed E-state index contributed by atoms with van der Waals surface area (Å²) in [6, 6.07) is 4.02. The normalized spacial score (nSPS) is 16.8. The van der Waals surface area contributed by atoms with E-state index in [4.69, 9.17) is 0 Å². The van der Waals surface area contributed by atoms with Crippen LogP contribution in [0.1, 0.15) is 19.3 Å². The maximum absolute atomic E-state index is 3.99. The smallest absolute Gasteiger partial charge is 0.0371 e. The topological polar surface area (TPSA) is 28.2 Å². The molecule has 2 heterocycles. The fraction of sp³-hybridized carbons (Fsp3) is 0.583. The fourth-order valence-corrected chi connectivity index (χ4v) is 2.01. The lowest BCUT2D eigenvalue weighted by Gasteiger charge is -2.14. The van der Waals surface area contributed by atoms with Crippen molar-refractivity contribution >= 4 is 5.69 Å². The molecule has 1 fully saturated rings. The molecule has 0 radical (unpaired) electrons. The van der Waals surface area contributed by atoms with Gasteiger partial charge in [-0.1, -0.05) is 0 Å². The van der Waals surface area contributed by atoms with Crippen LogP contribution in [0.15, 0.2) is 24.5 Å². The molecule has 0 atom stereocenters. The highest BCUT2D eigenvalue weighted by molar-refractivity contribution is 5.40. The van der Waals surface area contributed by atoms with Gasteiger partial charge in [-0.15, -0.1) is 0 Å². The summed E-state index contributed by atoms with van der Waals surface area (Å²) in [7, 11) is 0. The third kappa shape index (κ3) is 3.51. The van der Waals surface area contributed by atoms with Crippen molar-refractivity contribution < 1.29 is 0 Å². The first-order valence-corrected chi connectivity index (χ1v) is 5.81. The summed E-state index contributed by atoms with van der Waals surface area (Å²) >= 11 is 0. The molecule has 15 heavy (non-hydrogen) atoms. The summed E-state index contributed by atoms with van der Waals surface area (Å²) in [5.41, 5.74) is 1.17. The number of likely N-dealkylation sites (tertiary alicyclic amines) is 1. The van der Waals surface area contributed by atoms with E-state index in [1.807, 2.05) is 24.5 Å². The monoisotopic (exact) mass is 205 g/mol. The Bertz CT molecular complexity index is 267. The minimum absolute atomic E-state index is 1.06. The fourth-order valence-electron chi connectivity index (χ4n) is 2.01. The van der Waals surface area contributed by atoms with E-state index in [1.54, 1.807) is 0 Å². The maximum atomic E-state index is 3.99. The summed E-state index contributed by atoms with van der Waals surface area (Å²) in [6.45, 7) is 4.89. The molecule has 1 aromatic heterocycles. The predicted octanol–water partition coefficient (Wildman–Crippen LogP) is 1.98. The zero-order valence-electron chi connectivity index (χ0n) is 9.15. The standard InChI is InChI=1S/C12H19N3/c1-2-10-15(9-1)11-3-6-14-12-4-7-13-8-5-12/h4-5,7-8H,1-3,6,9-11H2,(H,13,14). The molecule has 0 aromatic carbocycles. The number of pyridine rings is 1. The molecule has 1 aliphatic heterocycles. The lowest BCUT2D eigenvalue weighted by Crippen LogP contribution is -2.22. The molecule has 0 bridgehead atoms. The molecule has 0 unspecified atom stereocenters. The molecule has 82 valence electrons. The van der Waals surface area contributed by atoms with Crippen LogP contribution in [-0.2, 0) is 0 Å². The van der Waals surface area contributed by atoms with Gasteiger partial charge in [-0.05, 0) is 51.0 Å². The number of nitrogens with one attached hydrogen (secondary N) is 1. The molecule has 1 aliphatic rings. The van der Waals surface area contributed by atoms with Crippen LogP contribution in [-0.4, -0.2) is 36.1 Å². The minimum Gasteiger partial charge on any atom is -0.385 e. The molecule has 1 aromatic rings. The van der Waals surface area contributed by atoms with Crippen molar-refractivity contribution in [2.24, 2.45) is 0 Å². The van der Waals surface area contributed by atoms with Crippen molar-refractivity contribution in [1.29, 1.82) is 0 Å². The van der Waals surface area contributed by atoms with Crippen LogP contribution in [0.4, 0.5) is 5.69 Å². The highest BCUT2D eigenvalue weighted by atomic mass is 15.1. The number of anilines is 1. The van der Waals surface area contributed by atoms with Crippen LogP contribution in [0, 0.1) is 0 Å². The van der Waals surface area contributed by atoms with Crippen molar-refractivity contribution in [3.8, 4) is 0 Å². The zero-order chi connectivity index (χ0) is 10.3. The van der Waals surface area contributed by atoms with Gasteiger partial charge in [-0.25, -0.2) is 0 Å². The van der Waals surface area contributed by atoms with E-state index < -0.39 is 0 Å². The average molecular weight is 205 g/mol. The van der Waals surface area contributed by atoms with Crippen LogP contribution in [0.2, 0.25) is 0 Å². The first kappa shape index (κ1) is 10.4. The van der Waals surface area contributed by atoms with E-state index >= 15 is 0 Å². The second-order valence-corrected chi connectivity index (χ2v) is 4.06.